The Morgan fingerprint density at radius 3 is 2.62 bits per heavy atom. The third-order valence-electron chi connectivity index (χ3n) is 11.6. The molecule has 1 saturated carbocycles. The van der Waals surface area contributed by atoms with Crippen LogP contribution in [0, 0.1) is 17.8 Å². The van der Waals surface area contributed by atoms with E-state index in [2.05, 4.69) is 21.8 Å². The zero-order valence-corrected chi connectivity index (χ0v) is 29.5. The van der Waals surface area contributed by atoms with E-state index in [-0.39, 0.29) is 41.1 Å². The van der Waals surface area contributed by atoms with Crippen LogP contribution in [-0.2, 0) is 26.7 Å². The van der Waals surface area contributed by atoms with E-state index in [1.807, 2.05) is 13.0 Å². The maximum atomic E-state index is 13.5. The monoisotopic (exact) mass is 685 g/mol. The van der Waals surface area contributed by atoms with E-state index in [9.17, 15) is 23.1 Å². The molecule has 256 valence electrons. The summed E-state index contributed by atoms with van der Waals surface area (Å²) in [5.74, 6) is -0.377. The first-order chi connectivity index (χ1) is 22.2. The van der Waals surface area contributed by atoms with Crippen LogP contribution in [0.3, 0.4) is 0 Å². The molecule has 47 heavy (non-hydrogen) atoms. The molecule has 0 saturated heterocycles. The molecule has 6 atom stereocenters. The van der Waals surface area contributed by atoms with Crippen LogP contribution in [-0.4, -0.2) is 74.9 Å². The summed E-state index contributed by atoms with van der Waals surface area (Å²) in [4.78, 5) is 30.4. The van der Waals surface area contributed by atoms with Crippen molar-refractivity contribution >= 4 is 39.1 Å². The van der Waals surface area contributed by atoms with Gasteiger partial charge in [0.15, 0.2) is 0 Å². The highest BCUT2D eigenvalue weighted by Gasteiger charge is 2.49. The Morgan fingerprint density at radius 1 is 1.11 bits per heavy atom. The first-order valence-electron chi connectivity index (χ1n) is 17.0. The number of sulfonamides is 1. The largest absolute Gasteiger partial charge is 0.490 e. The van der Waals surface area contributed by atoms with Gasteiger partial charge in [-0.05, 0) is 111 Å². The minimum absolute atomic E-state index is 0.0291. The number of nitrogens with zero attached hydrogens (tertiary/aromatic N) is 2. The van der Waals surface area contributed by atoms with Crippen LogP contribution in [0.2, 0.25) is 5.02 Å². The zero-order valence-electron chi connectivity index (χ0n) is 27.9. The Hall–Kier alpha value is -2.82. The minimum atomic E-state index is -3.98. The van der Waals surface area contributed by atoms with Crippen LogP contribution >= 0.6 is 11.6 Å². The highest BCUT2D eigenvalue weighted by atomic mass is 35.5. The smallest absolute Gasteiger partial charge is 0.264 e. The number of halogens is 1. The summed E-state index contributed by atoms with van der Waals surface area (Å²) in [5, 5.41) is 12.2. The van der Waals surface area contributed by atoms with Gasteiger partial charge < -0.3 is 19.6 Å². The van der Waals surface area contributed by atoms with E-state index in [0.29, 0.717) is 49.7 Å². The van der Waals surface area contributed by atoms with Gasteiger partial charge in [-0.15, -0.1) is 0 Å². The Balaban J connectivity index is 1.44. The summed E-state index contributed by atoms with van der Waals surface area (Å²) >= 11 is 6.42. The second-order valence-corrected chi connectivity index (χ2v) is 17.3. The standard InChI is InChI=1S/C36H48ClN3O6S/c1-23-7-5-16-36(43,19-33(41)39(3)4)30-12-9-27(30)20-40-21-35(15-6-8-25-17-28(37)11-13-29(25)35)22-46-32-14-10-26(18-31(32)40)34(42)38-47(44,45)24(23)2/h10-11,13-14,17-18,23-24,27,30,43H,5-9,12,15-16,19-22H2,1-4H3,(H,38,42)/t23-,24+,27-,30+,35-,36+/m0/s1. The Bertz CT molecular complexity index is 1650. The van der Waals surface area contributed by atoms with Crippen molar-refractivity contribution in [2.24, 2.45) is 17.8 Å². The van der Waals surface area contributed by atoms with Gasteiger partial charge in [0, 0.05) is 43.2 Å². The average Bonchev–Trinajstić information content (AvgIpc) is 3.14. The van der Waals surface area contributed by atoms with Gasteiger partial charge in [-0.3, -0.25) is 9.59 Å². The molecule has 2 aromatic carbocycles. The molecule has 0 unspecified atom stereocenters. The summed E-state index contributed by atoms with van der Waals surface area (Å²) in [6.07, 6.45) is 6.12. The summed E-state index contributed by atoms with van der Waals surface area (Å²) in [6, 6.07) is 11.3. The fourth-order valence-corrected chi connectivity index (χ4v) is 9.91. The summed E-state index contributed by atoms with van der Waals surface area (Å²) < 4.78 is 35.7. The van der Waals surface area contributed by atoms with E-state index in [0.717, 1.165) is 37.8 Å². The molecule has 2 aliphatic carbocycles. The topological polar surface area (TPSA) is 116 Å². The molecule has 2 bridgehead atoms. The molecule has 2 amide bonds. The maximum Gasteiger partial charge on any atom is 0.264 e. The second kappa shape index (κ2) is 12.9. The molecule has 1 spiro atoms. The van der Waals surface area contributed by atoms with Gasteiger partial charge >= 0.3 is 0 Å². The molecule has 2 aromatic rings. The average molecular weight is 686 g/mol. The van der Waals surface area contributed by atoms with Crippen molar-refractivity contribution in [3.63, 3.8) is 0 Å². The number of carbonyl (C=O) groups is 2. The molecule has 0 aromatic heterocycles. The summed E-state index contributed by atoms with van der Waals surface area (Å²) in [7, 11) is -0.561. The number of fused-ring (bicyclic) bond motifs is 4. The van der Waals surface area contributed by atoms with Crippen LogP contribution in [0.15, 0.2) is 36.4 Å². The van der Waals surface area contributed by atoms with Crippen molar-refractivity contribution in [1.82, 2.24) is 9.62 Å². The molecule has 4 aliphatic rings. The van der Waals surface area contributed by atoms with Crippen LogP contribution in [0.1, 0.15) is 86.7 Å². The predicted octanol–water partition coefficient (Wildman–Crippen LogP) is 5.32. The molecular weight excluding hydrogens is 638 g/mol. The molecule has 2 heterocycles. The van der Waals surface area contributed by atoms with Crippen molar-refractivity contribution in [2.75, 3.05) is 38.7 Å². The van der Waals surface area contributed by atoms with Gasteiger partial charge in [0.1, 0.15) is 5.75 Å². The number of amides is 2. The van der Waals surface area contributed by atoms with Crippen molar-refractivity contribution in [3.8, 4) is 5.75 Å². The van der Waals surface area contributed by atoms with Crippen molar-refractivity contribution in [1.29, 1.82) is 0 Å². The van der Waals surface area contributed by atoms with Crippen molar-refractivity contribution < 1.29 is 27.9 Å². The lowest BCUT2D eigenvalue weighted by molar-refractivity contribution is -0.143. The Kier molecular flexibility index (Phi) is 9.35. The number of carbonyl (C=O) groups excluding carboxylic acids is 2. The van der Waals surface area contributed by atoms with Crippen LogP contribution in [0.5, 0.6) is 5.75 Å². The van der Waals surface area contributed by atoms with Gasteiger partial charge in [-0.1, -0.05) is 31.0 Å². The number of ether oxygens (including phenoxy) is 1. The number of anilines is 1. The van der Waals surface area contributed by atoms with Crippen molar-refractivity contribution in [3.05, 3.63) is 58.1 Å². The van der Waals surface area contributed by atoms with E-state index >= 15 is 0 Å². The SMILES string of the molecule is C[C@@H]1[C@@H](C)CCC[C@@](O)(CC(=O)N(C)C)[C@@H]2CC[C@H]2CN2C[C@@]3(CCCc4cc(Cl)ccc43)COc3ccc(cc32)C(=O)NS1(=O)=O. The van der Waals surface area contributed by atoms with Crippen LogP contribution in [0.4, 0.5) is 5.69 Å². The summed E-state index contributed by atoms with van der Waals surface area (Å²) in [5.41, 5.74) is 1.89. The molecule has 6 rings (SSSR count). The minimum Gasteiger partial charge on any atom is -0.490 e. The van der Waals surface area contributed by atoms with Gasteiger partial charge in [-0.2, -0.15) is 0 Å². The highest BCUT2D eigenvalue weighted by Crippen LogP contribution is 2.49. The molecule has 11 heteroatoms. The number of hydrogen-bond donors (Lipinski definition) is 2. The third kappa shape index (κ3) is 6.62. The van der Waals surface area contributed by atoms with E-state index < -0.39 is 26.8 Å². The third-order valence-corrected chi connectivity index (χ3v) is 13.8. The predicted molar refractivity (Wildman–Crippen MR) is 184 cm³/mol. The fraction of sp³-hybridized carbons (Fsp3) is 0.611. The zero-order chi connectivity index (χ0) is 33.7. The molecular formula is C36H48ClN3O6S. The maximum absolute atomic E-state index is 13.5. The van der Waals surface area contributed by atoms with Crippen LogP contribution in [0.25, 0.3) is 0 Å². The Morgan fingerprint density at radius 2 is 1.89 bits per heavy atom. The van der Waals surface area contributed by atoms with Gasteiger partial charge in [0.2, 0.25) is 15.9 Å². The first kappa shape index (κ1) is 34.1. The Labute approximate surface area is 284 Å². The van der Waals surface area contributed by atoms with Gasteiger partial charge in [0.25, 0.3) is 5.91 Å². The molecule has 2 aliphatic heterocycles. The van der Waals surface area contributed by atoms with E-state index in [1.165, 1.54) is 16.0 Å². The van der Waals surface area contributed by atoms with E-state index in [1.54, 1.807) is 39.2 Å². The molecule has 0 radical (unpaired) electrons. The van der Waals surface area contributed by atoms with Gasteiger partial charge in [-0.25, -0.2) is 13.1 Å². The lowest BCUT2D eigenvalue weighted by Crippen LogP contribution is -2.54. The lowest BCUT2D eigenvalue weighted by Gasteiger charge is -2.50. The van der Waals surface area contributed by atoms with Crippen molar-refractivity contribution in [2.45, 2.75) is 87.9 Å². The number of aryl methyl sites for hydroxylation is 1. The molecule has 1 fully saturated rings. The first-order valence-corrected chi connectivity index (χ1v) is 18.9. The number of rotatable bonds is 2. The van der Waals surface area contributed by atoms with E-state index in [4.69, 9.17) is 16.3 Å². The number of aliphatic hydroxyl groups is 1. The number of hydrogen-bond acceptors (Lipinski definition) is 7. The quantitative estimate of drug-likeness (QED) is 0.440. The molecule has 2 N–H and O–H groups in total. The summed E-state index contributed by atoms with van der Waals surface area (Å²) in [6.45, 7) is 5.18. The number of nitrogens with one attached hydrogen (secondary N) is 1. The molecule has 9 nitrogen and oxygen atoms in total. The van der Waals surface area contributed by atoms with Gasteiger partial charge in [0.05, 0.1) is 29.6 Å². The van der Waals surface area contributed by atoms with Crippen LogP contribution < -0.4 is 14.4 Å². The highest BCUT2D eigenvalue weighted by molar-refractivity contribution is 7.90. The fourth-order valence-electron chi connectivity index (χ4n) is 8.41. The lowest BCUT2D eigenvalue weighted by atomic mass is 9.61. The normalized spacial score (nSPS) is 32.1. The number of benzene rings is 2. The second-order valence-electron chi connectivity index (χ2n) is 14.9.